The molecule has 3 rings (SSSR count). The fourth-order valence-electron chi connectivity index (χ4n) is 2.50. The van der Waals surface area contributed by atoms with E-state index in [1.54, 1.807) is 11.6 Å². The van der Waals surface area contributed by atoms with Crippen molar-refractivity contribution in [1.29, 1.82) is 0 Å². The van der Waals surface area contributed by atoms with Gasteiger partial charge in [0.05, 0.1) is 17.1 Å². The Morgan fingerprint density at radius 1 is 1.32 bits per heavy atom. The molecule has 0 aliphatic heterocycles. The van der Waals surface area contributed by atoms with Crippen LogP contribution < -0.4 is 5.32 Å². The predicted octanol–water partition coefficient (Wildman–Crippen LogP) is 2.07. The van der Waals surface area contributed by atoms with Crippen molar-refractivity contribution in [2.45, 2.75) is 25.7 Å². The number of carbonyl (C=O) groups excluding carboxylic acids is 1. The number of hydrogen-bond donors (Lipinski definition) is 1. The summed E-state index contributed by atoms with van der Waals surface area (Å²) in [6, 6.07) is 7.62. The van der Waals surface area contributed by atoms with Gasteiger partial charge in [-0.05, 0) is 37.1 Å². The lowest BCUT2D eigenvalue weighted by Gasteiger charge is -2.08. The molecular formula is C16H19BrN4O3S. The summed E-state index contributed by atoms with van der Waals surface area (Å²) in [5.74, 6) is -0.125. The van der Waals surface area contributed by atoms with E-state index in [0.29, 0.717) is 0 Å². The summed E-state index contributed by atoms with van der Waals surface area (Å²) in [7, 11) is -3.11. The van der Waals surface area contributed by atoms with Gasteiger partial charge in [0.15, 0.2) is 15.5 Å². The van der Waals surface area contributed by atoms with E-state index in [0.717, 1.165) is 28.7 Å². The first-order valence-electron chi connectivity index (χ1n) is 8.11. The lowest BCUT2D eigenvalue weighted by Crippen LogP contribution is -2.30. The highest BCUT2D eigenvalue weighted by Crippen LogP contribution is 2.42. The Bertz CT molecular complexity index is 873. The van der Waals surface area contributed by atoms with Crippen molar-refractivity contribution in [3.63, 3.8) is 0 Å². The van der Waals surface area contributed by atoms with Crippen LogP contribution in [-0.4, -0.2) is 47.4 Å². The van der Waals surface area contributed by atoms with Crippen LogP contribution in [0.5, 0.6) is 0 Å². The normalized spacial score (nSPS) is 14.5. The summed E-state index contributed by atoms with van der Waals surface area (Å²) < 4.78 is 25.7. The molecule has 1 aliphatic carbocycles. The van der Waals surface area contributed by atoms with Gasteiger partial charge in [0.2, 0.25) is 0 Å². The zero-order chi connectivity index (χ0) is 18.0. The number of aromatic nitrogens is 3. The topological polar surface area (TPSA) is 93.9 Å². The maximum Gasteiger partial charge on any atom is 0.273 e. The standard InChI is InChI=1S/C16H19BrN4O3S/c1-2-25(23,24)10-9-18-16(22)14-15(11-3-4-11)21(20-19-14)13-7-5-12(17)6-8-13/h5-8,11H,2-4,9-10H2,1H3,(H,18,22). The number of nitrogens with zero attached hydrogens (tertiary/aromatic N) is 3. The van der Waals surface area contributed by atoms with E-state index in [-0.39, 0.29) is 35.6 Å². The van der Waals surface area contributed by atoms with E-state index >= 15 is 0 Å². The SMILES string of the molecule is CCS(=O)(=O)CCNC(=O)c1nnn(-c2ccc(Br)cc2)c1C1CC1. The molecule has 2 aromatic rings. The van der Waals surface area contributed by atoms with Crippen LogP contribution in [0, 0.1) is 0 Å². The van der Waals surface area contributed by atoms with E-state index < -0.39 is 9.84 Å². The second kappa shape index (κ2) is 7.25. The average molecular weight is 427 g/mol. The monoisotopic (exact) mass is 426 g/mol. The summed E-state index contributed by atoms with van der Waals surface area (Å²) in [6.45, 7) is 1.66. The van der Waals surface area contributed by atoms with Gasteiger partial charge in [-0.15, -0.1) is 5.10 Å². The van der Waals surface area contributed by atoms with Crippen molar-refractivity contribution in [2.24, 2.45) is 0 Å². The van der Waals surface area contributed by atoms with Crippen molar-refractivity contribution in [3.05, 3.63) is 40.1 Å². The fourth-order valence-corrected chi connectivity index (χ4v) is 3.46. The summed E-state index contributed by atoms with van der Waals surface area (Å²) in [4.78, 5) is 12.4. The fraction of sp³-hybridized carbons (Fsp3) is 0.438. The summed E-state index contributed by atoms with van der Waals surface area (Å²) in [5.41, 5.74) is 1.91. The van der Waals surface area contributed by atoms with Gasteiger partial charge >= 0.3 is 0 Å². The third kappa shape index (κ3) is 4.27. The summed E-state index contributed by atoms with van der Waals surface area (Å²) in [6.07, 6.45) is 1.99. The quantitative estimate of drug-likeness (QED) is 0.730. The minimum absolute atomic E-state index is 0.0654. The van der Waals surface area contributed by atoms with Gasteiger partial charge in [-0.1, -0.05) is 28.1 Å². The lowest BCUT2D eigenvalue weighted by atomic mass is 10.2. The highest BCUT2D eigenvalue weighted by atomic mass is 79.9. The summed E-state index contributed by atoms with van der Waals surface area (Å²) >= 11 is 3.40. The molecule has 0 saturated heterocycles. The smallest absolute Gasteiger partial charge is 0.273 e. The molecular weight excluding hydrogens is 408 g/mol. The first-order chi connectivity index (χ1) is 11.9. The highest BCUT2D eigenvalue weighted by molar-refractivity contribution is 9.10. The van der Waals surface area contributed by atoms with Gasteiger partial charge in [-0.25, -0.2) is 13.1 Å². The third-order valence-corrected chi connectivity index (χ3v) is 6.33. The molecule has 7 nitrogen and oxygen atoms in total. The molecule has 1 aliphatic rings. The molecule has 9 heteroatoms. The molecule has 1 saturated carbocycles. The number of nitrogens with one attached hydrogen (secondary N) is 1. The maximum atomic E-state index is 12.4. The van der Waals surface area contributed by atoms with Gasteiger partial charge in [-0.2, -0.15) is 0 Å². The molecule has 0 unspecified atom stereocenters. The zero-order valence-corrected chi connectivity index (χ0v) is 16.2. The molecule has 0 spiro atoms. The number of rotatable bonds is 7. The van der Waals surface area contributed by atoms with E-state index in [1.807, 2.05) is 24.3 Å². The van der Waals surface area contributed by atoms with Crippen LogP contribution >= 0.6 is 15.9 Å². The van der Waals surface area contributed by atoms with Gasteiger partial charge in [0.25, 0.3) is 5.91 Å². The number of carbonyl (C=O) groups is 1. The van der Waals surface area contributed by atoms with Crippen LogP contribution in [0.1, 0.15) is 41.9 Å². The van der Waals surface area contributed by atoms with Crippen LogP contribution in [0.15, 0.2) is 28.7 Å². The molecule has 0 atom stereocenters. The Morgan fingerprint density at radius 2 is 2.00 bits per heavy atom. The molecule has 25 heavy (non-hydrogen) atoms. The van der Waals surface area contributed by atoms with Crippen molar-refractivity contribution in [2.75, 3.05) is 18.1 Å². The molecule has 0 bridgehead atoms. The Morgan fingerprint density at radius 3 is 2.60 bits per heavy atom. The first-order valence-corrected chi connectivity index (χ1v) is 10.7. The molecule has 1 heterocycles. The Balaban J connectivity index is 1.80. The molecule has 134 valence electrons. The summed E-state index contributed by atoms with van der Waals surface area (Å²) in [5, 5.41) is 10.8. The van der Waals surface area contributed by atoms with Crippen molar-refractivity contribution >= 4 is 31.7 Å². The Hall–Kier alpha value is -1.74. The maximum absolute atomic E-state index is 12.4. The van der Waals surface area contributed by atoms with Gasteiger partial charge in [0, 0.05) is 22.7 Å². The van der Waals surface area contributed by atoms with Crippen molar-refractivity contribution < 1.29 is 13.2 Å². The van der Waals surface area contributed by atoms with Gasteiger partial charge in [0.1, 0.15) is 0 Å². The number of benzene rings is 1. The second-order valence-corrected chi connectivity index (χ2v) is 9.37. The van der Waals surface area contributed by atoms with Crippen LogP contribution in [-0.2, 0) is 9.84 Å². The van der Waals surface area contributed by atoms with Crippen LogP contribution in [0.3, 0.4) is 0 Å². The highest BCUT2D eigenvalue weighted by Gasteiger charge is 2.34. The van der Waals surface area contributed by atoms with Gasteiger partial charge in [-0.3, -0.25) is 4.79 Å². The number of amides is 1. The molecule has 1 N–H and O–H groups in total. The Labute approximate surface area is 154 Å². The molecule has 1 aromatic heterocycles. The third-order valence-electron chi connectivity index (χ3n) is 4.09. The van der Waals surface area contributed by atoms with E-state index in [2.05, 4.69) is 31.6 Å². The van der Waals surface area contributed by atoms with Crippen molar-refractivity contribution in [1.82, 2.24) is 20.3 Å². The van der Waals surface area contributed by atoms with Crippen LogP contribution in [0.2, 0.25) is 0 Å². The second-order valence-electron chi connectivity index (χ2n) is 5.98. The minimum atomic E-state index is -3.11. The Kier molecular flexibility index (Phi) is 5.24. The molecule has 1 aromatic carbocycles. The molecule has 0 radical (unpaired) electrons. The van der Waals surface area contributed by atoms with Gasteiger partial charge < -0.3 is 5.32 Å². The number of halogens is 1. The average Bonchev–Trinajstić information content (AvgIpc) is 3.33. The minimum Gasteiger partial charge on any atom is -0.350 e. The van der Waals surface area contributed by atoms with Crippen molar-refractivity contribution in [3.8, 4) is 5.69 Å². The number of hydrogen-bond acceptors (Lipinski definition) is 5. The lowest BCUT2D eigenvalue weighted by molar-refractivity contribution is 0.0950. The predicted molar refractivity (Wildman–Crippen MR) is 97.7 cm³/mol. The van der Waals surface area contributed by atoms with E-state index in [4.69, 9.17) is 0 Å². The largest absolute Gasteiger partial charge is 0.350 e. The molecule has 1 amide bonds. The first kappa shape index (κ1) is 18.1. The zero-order valence-electron chi connectivity index (χ0n) is 13.8. The van der Waals surface area contributed by atoms with E-state index in [9.17, 15) is 13.2 Å². The van der Waals surface area contributed by atoms with Crippen LogP contribution in [0.4, 0.5) is 0 Å². The number of sulfone groups is 1. The van der Waals surface area contributed by atoms with Crippen LogP contribution in [0.25, 0.3) is 5.69 Å². The van der Waals surface area contributed by atoms with E-state index in [1.165, 1.54) is 0 Å². The molecule has 1 fully saturated rings.